The molecule has 0 bridgehead atoms. The number of methoxy groups -OCH3 is 1. The third kappa shape index (κ3) is 3.17. The number of hydrogen-bond donors (Lipinski definition) is 2. The van der Waals surface area contributed by atoms with Crippen LogP contribution in [0.2, 0.25) is 0 Å². The minimum Gasteiger partial charge on any atom is -0.496 e. The number of H-pyrrole nitrogens is 1. The van der Waals surface area contributed by atoms with Crippen molar-refractivity contribution in [3.63, 3.8) is 0 Å². The third-order valence-corrected chi connectivity index (χ3v) is 5.67. The summed E-state index contributed by atoms with van der Waals surface area (Å²) in [4.78, 5) is 14.6. The monoisotopic (exact) mass is 353 g/mol. The number of rotatable bonds is 4. The van der Waals surface area contributed by atoms with Crippen LogP contribution in [0, 0.1) is 0 Å². The molecule has 2 heterocycles. The fourth-order valence-corrected chi connectivity index (χ4v) is 4.32. The van der Waals surface area contributed by atoms with Crippen molar-refractivity contribution in [1.29, 1.82) is 0 Å². The molecule has 1 amide bonds. The summed E-state index contributed by atoms with van der Waals surface area (Å²) in [5.74, 6) is 1.17. The fraction of sp³-hybridized carbons (Fsp3) is 0.263. The van der Waals surface area contributed by atoms with E-state index in [1.54, 1.807) is 18.4 Å². The van der Waals surface area contributed by atoms with E-state index in [4.69, 9.17) is 4.74 Å². The van der Waals surface area contributed by atoms with Gasteiger partial charge in [0, 0.05) is 16.5 Å². The molecule has 2 aromatic heterocycles. The van der Waals surface area contributed by atoms with E-state index in [0.717, 1.165) is 34.7 Å². The summed E-state index contributed by atoms with van der Waals surface area (Å²) in [6.07, 6.45) is 4.61. The first-order chi connectivity index (χ1) is 12.2. The first kappa shape index (κ1) is 15.9. The van der Waals surface area contributed by atoms with Gasteiger partial charge in [-0.25, -0.2) is 0 Å². The number of thiophene rings is 1. The predicted octanol–water partition coefficient (Wildman–Crippen LogP) is 4.28. The van der Waals surface area contributed by atoms with E-state index in [0.29, 0.717) is 5.82 Å². The number of aryl methyl sites for hydroxylation is 2. The van der Waals surface area contributed by atoms with E-state index >= 15 is 0 Å². The van der Waals surface area contributed by atoms with E-state index < -0.39 is 0 Å². The lowest BCUT2D eigenvalue weighted by molar-refractivity contribution is 0.103. The Kier molecular flexibility index (Phi) is 4.28. The van der Waals surface area contributed by atoms with Crippen LogP contribution in [-0.4, -0.2) is 23.2 Å². The third-order valence-electron chi connectivity index (χ3n) is 4.44. The molecule has 1 aliphatic rings. The smallest absolute Gasteiger partial charge is 0.266 e. The molecule has 0 radical (unpaired) electrons. The van der Waals surface area contributed by atoms with E-state index in [1.165, 1.54) is 23.3 Å². The number of anilines is 1. The number of para-hydroxylation sites is 1. The van der Waals surface area contributed by atoms with Crippen molar-refractivity contribution < 1.29 is 9.53 Å². The van der Waals surface area contributed by atoms with Crippen molar-refractivity contribution in [1.82, 2.24) is 10.2 Å². The van der Waals surface area contributed by atoms with Crippen LogP contribution in [-0.2, 0) is 12.8 Å². The molecule has 0 saturated carbocycles. The van der Waals surface area contributed by atoms with Gasteiger partial charge in [0.1, 0.15) is 5.75 Å². The number of amides is 1. The molecule has 6 heteroatoms. The topological polar surface area (TPSA) is 67.0 Å². The van der Waals surface area contributed by atoms with Gasteiger partial charge < -0.3 is 10.1 Å². The highest BCUT2D eigenvalue weighted by Gasteiger charge is 2.18. The van der Waals surface area contributed by atoms with Gasteiger partial charge in [-0.3, -0.25) is 9.89 Å². The molecular formula is C19H19N3O2S. The molecular weight excluding hydrogens is 334 g/mol. The maximum absolute atomic E-state index is 12.5. The Balaban J connectivity index is 1.53. The minimum atomic E-state index is -0.0996. The number of carbonyl (C=O) groups is 1. The molecule has 0 atom stereocenters. The number of nitrogens with zero attached hydrogens (tertiary/aromatic N) is 1. The average molecular weight is 353 g/mol. The van der Waals surface area contributed by atoms with Crippen LogP contribution in [0.15, 0.2) is 36.4 Å². The number of aromatic amines is 1. The average Bonchev–Trinajstić information content (AvgIpc) is 3.28. The summed E-state index contributed by atoms with van der Waals surface area (Å²) in [6.45, 7) is 0. The zero-order chi connectivity index (χ0) is 17.2. The highest BCUT2D eigenvalue weighted by Crippen LogP contribution is 2.31. The number of carbonyl (C=O) groups excluding carboxylic acids is 1. The van der Waals surface area contributed by atoms with Crippen molar-refractivity contribution in [2.45, 2.75) is 25.7 Å². The molecule has 1 aromatic carbocycles. The van der Waals surface area contributed by atoms with Gasteiger partial charge in [0.25, 0.3) is 5.91 Å². The van der Waals surface area contributed by atoms with Gasteiger partial charge in [-0.15, -0.1) is 11.3 Å². The first-order valence-corrected chi connectivity index (χ1v) is 9.18. The predicted molar refractivity (Wildman–Crippen MR) is 99.5 cm³/mol. The maximum Gasteiger partial charge on any atom is 0.266 e. The van der Waals surface area contributed by atoms with Gasteiger partial charge in [-0.05, 0) is 49.4 Å². The summed E-state index contributed by atoms with van der Waals surface area (Å²) >= 11 is 1.60. The van der Waals surface area contributed by atoms with Crippen molar-refractivity contribution in [3.05, 3.63) is 51.7 Å². The lowest BCUT2D eigenvalue weighted by atomic mass is 9.99. The van der Waals surface area contributed by atoms with Crippen molar-refractivity contribution in [3.8, 4) is 17.0 Å². The largest absolute Gasteiger partial charge is 0.496 e. The summed E-state index contributed by atoms with van der Waals surface area (Å²) < 4.78 is 5.37. The molecule has 5 nitrogen and oxygen atoms in total. The second-order valence-corrected chi connectivity index (χ2v) is 7.22. The van der Waals surface area contributed by atoms with Gasteiger partial charge in [0.2, 0.25) is 0 Å². The minimum absolute atomic E-state index is 0.0996. The summed E-state index contributed by atoms with van der Waals surface area (Å²) in [7, 11) is 1.64. The SMILES string of the molecule is COc1ccccc1-c1cc(NC(=O)c2cc3c(s2)CCCC3)n[nH]1. The Morgan fingerprint density at radius 1 is 1.24 bits per heavy atom. The highest BCUT2D eigenvalue weighted by molar-refractivity contribution is 7.14. The number of hydrogen-bond acceptors (Lipinski definition) is 4. The van der Waals surface area contributed by atoms with Crippen LogP contribution in [0.25, 0.3) is 11.3 Å². The van der Waals surface area contributed by atoms with Gasteiger partial charge in [-0.1, -0.05) is 12.1 Å². The Morgan fingerprint density at radius 3 is 2.92 bits per heavy atom. The molecule has 1 aliphatic carbocycles. The lowest BCUT2D eigenvalue weighted by Gasteiger charge is -2.08. The van der Waals surface area contributed by atoms with E-state index in [-0.39, 0.29) is 5.91 Å². The Hall–Kier alpha value is -2.60. The molecule has 128 valence electrons. The van der Waals surface area contributed by atoms with Crippen LogP contribution in [0.1, 0.15) is 33.0 Å². The molecule has 2 N–H and O–H groups in total. The second-order valence-electron chi connectivity index (χ2n) is 6.09. The van der Waals surface area contributed by atoms with Gasteiger partial charge in [0.15, 0.2) is 5.82 Å². The second kappa shape index (κ2) is 6.72. The van der Waals surface area contributed by atoms with Crippen LogP contribution < -0.4 is 10.1 Å². The molecule has 0 aliphatic heterocycles. The number of nitrogens with one attached hydrogen (secondary N) is 2. The number of aromatic nitrogens is 2. The van der Waals surface area contributed by atoms with Crippen molar-refractivity contribution >= 4 is 23.1 Å². The normalized spacial score (nSPS) is 13.3. The van der Waals surface area contributed by atoms with E-state index in [1.807, 2.05) is 36.4 Å². The zero-order valence-electron chi connectivity index (χ0n) is 14.0. The van der Waals surface area contributed by atoms with E-state index in [2.05, 4.69) is 15.5 Å². The van der Waals surface area contributed by atoms with Gasteiger partial charge in [-0.2, -0.15) is 5.10 Å². The molecule has 0 unspecified atom stereocenters. The first-order valence-electron chi connectivity index (χ1n) is 8.36. The summed E-state index contributed by atoms with van der Waals surface area (Å²) in [5, 5.41) is 10.1. The van der Waals surface area contributed by atoms with Crippen LogP contribution in [0.4, 0.5) is 5.82 Å². The van der Waals surface area contributed by atoms with Crippen LogP contribution in [0.5, 0.6) is 5.75 Å². The number of benzene rings is 1. The van der Waals surface area contributed by atoms with Crippen LogP contribution >= 0.6 is 11.3 Å². The van der Waals surface area contributed by atoms with Gasteiger partial charge in [0.05, 0.1) is 17.7 Å². The molecule has 3 aromatic rings. The lowest BCUT2D eigenvalue weighted by Crippen LogP contribution is -2.10. The van der Waals surface area contributed by atoms with Crippen molar-refractivity contribution in [2.24, 2.45) is 0 Å². The van der Waals surface area contributed by atoms with E-state index in [9.17, 15) is 4.79 Å². The fourth-order valence-electron chi connectivity index (χ4n) is 3.17. The van der Waals surface area contributed by atoms with Crippen molar-refractivity contribution in [2.75, 3.05) is 12.4 Å². The maximum atomic E-state index is 12.5. The molecule has 0 saturated heterocycles. The summed E-state index contributed by atoms with van der Waals surface area (Å²) in [6, 6.07) is 11.6. The van der Waals surface area contributed by atoms with Gasteiger partial charge >= 0.3 is 0 Å². The Morgan fingerprint density at radius 2 is 2.08 bits per heavy atom. The molecule has 25 heavy (non-hydrogen) atoms. The molecule has 0 fully saturated rings. The Labute approximate surface area is 150 Å². The Bertz CT molecular complexity index is 890. The number of ether oxygens (including phenoxy) is 1. The number of fused-ring (bicyclic) bond motifs is 1. The quantitative estimate of drug-likeness (QED) is 0.736. The van der Waals surface area contributed by atoms with Crippen LogP contribution in [0.3, 0.4) is 0 Å². The zero-order valence-corrected chi connectivity index (χ0v) is 14.8. The molecule has 0 spiro atoms. The molecule has 4 rings (SSSR count). The highest BCUT2D eigenvalue weighted by atomic mass is 32.1. The summed E-state index contributed by atoms with van der Waals surface area (Å²) in [5.41, 5.74) is 3.04. The standard InChI is InChI=1S/C19H19N3O2S/c1-24-15-8-4-3-7-13(15)14-11-18(22-21-14)20-19(23)17-10-12-6-2-5-9-16(12)25-17/h3-4,7-8,10-11H,2,5-6,9H2,1H3,(H2,20,21,22,23).